The minimum absolute atomic E-state index is 0.219. The standard InChI is InChI=1S/C23H18N2O4S/c1-14-6-3-10-19-20(14)24-23(30-19)25(13-16-8-5-11-28-16)22(26)18-12-15-7-4-9-17(27-2)21(15)29-18/h3-12H,13H2,1-2H3. The zero-order valence-corrected chi connectivity index (χ0v) is 17.2. The Labute approximate surface area is 176 Å². The Hall–Kier alpha value is -3.58. The van der Waals surface area contributed by atoms with Crippen LogP contribution in [0.3, 0.4) is 0 Å². The van der Waals surface area contributed by atoms with E-state index in [0.29, 0.717) is 22.2 Å². The predicted octanol–water partition coefficient (Wildman–Crippen LogP) is 5.80. The second-order valence-corrected chi connectivity index (χ2v) is 7.89. The van der Waals surface area contributed by atoms with Gasteiger partial charge in [0.2, 0.25) is 0 Å². The van der Waals surface area contributed by atoms with E-state index in [0.717, 1.165) is 21.2 Å². The molecule has 0 aliphatic rings. The lowest BCUT2D eigenvalue weighted by molar-refractivity contribution is 0.0958. The number of aromatic nitrogens is 1. The van der Waals surface area contributed by atoms with Gasteiger partial charge in [-0.1, -0.05) is 35.6 Å². The third-order valence-corrected chi connectivity index (χ3v) is 5.96. The lowest BCUT2D eigenvalue weighted by atomic mass is 10.2. The molecule has 3 aromatic heterocycles. The van der Waals surface area contributed by atoms with Crippen LogP contribution in [0.2, 0.25) is 0 Å². The fourth-order valence-electron chi connectivity index (χ4n) is 3.41. The number of anilines is 1. The van der Waals surface area contributed by atoms with Crippen molar-refractivity contribution >= 4 is 43.6 Å². The fourth-order valence-corrected chi connectivity index (χ4v) is 4.45. The van der Waals surface area contributed by atoms with E-state index in [4.69, 9.17) is 18.6 Å². The van der Waals surface area contributed by atoms with Crippen molar-refractivity contribution in [1.82, 2.24) is 4.98 Å². The highest BCUT2D eigenvalue weighted by Crippen LogP contribution is 2.34. The van der Waals surface area contributed by atoms with Crippen molar-refractivity contribution in [3.63, 3.8) is 0 Å². The number of benzene rings is 2. The summed E-state index contributed by atoms with van der Waals surface area (Å²) >= 11 is 1.46. The average molecular weight is 418 g/mol. The number of para-hydroxylation sites is 2. The van der Waals surface area contributed by atoms with E-state index in [-0.39, 0.29) is 18.2 Å². The van der Waals surface area contributed by atoms with Gasteiger partial charge in [-0.05, 0) is 42.8 Å². The van der Waals surface area contributed by atoms with E-state index in [2.05, 4.69) is 0 Å². The van der Waals surface area contributed by atoms with E-state index in [1.54, 1.807) is 36.5 Å². The molecule has 0 fully saturated rings. The van der Waals surface area contributed by atoms with Gasteiger partial charge >= 0.3 is 0 Å². The number of furan rings is 2. The molecule has 0 atom stereocenters. The number of fused-ring (bicyclic) bond motifs is 2. The number of amides is 1. The topological polar surface area (TPSA) is 68.7 Å². The third-order valence-electron chi connectivity index (χ3n) is 4.92. The van der Waals surface area contributed by atoms with Gasteiger partial charge in [-0.2, -0.15) is 0 Å². The summed E-state index contributed by atoms with van der Waals surface area (Å²) in [6.45, 7) is 2.26. The summed E-state index contributed by atoms with van der Waals surface area (Å²) in [5.41, 5.74) is 2.50. The highest BCUT2D eigenvalue weighted by molar-refractivity contribution is 7.22. The van der Waals surface area contributed by atoms with Crippen LogP contribution in [0.15, 0.2) is 69.7 Å². The summed E-state index contributed by atoms with van der Waals surface area (Å²) in [6.07, 6.45) is 1.59. The number of ether oxygens (including phenoxy) is 1. The van der Waals surface area contributed by atoms with Crippen LogP contribution in [0.1, 0.15) is 21.9 Å². The highest BCUT2D eigenvalue weighted by atomic mass is 32.1. The first-order valence-corrected chi connectivity index (χ1v) is 10.2. The van der Waals surface area contributed by atoms with E-state index >= 15 is 0 Å². The first-order chi connectivity index (χ1) is 14.6. The van der Waals surface area contributed by atoms with Crippen molar-refractivity contribution < 1.29 is 18.4 Å². The second-order valence-electron chi connectivity index (χ2n) is 6.88. The Kier molecular flexibility index (Phi) is 4.52. The monoisotopic (exact) mass is 418 g/mol. The molecule has 0 aliphatic heterocycles. The number of carbonyl (C=O) groups excluding carboxylic acids is 1. The van der Waals surface area contributed by atoms with Crippen LogP contribution >= 0.6 is 11.3 Å². The quantitative estimate of drug-likeness (QED) is 0.361. The van der Waals surface area contributed by atoms with Crippen molar-refractivity contribution in [3.05, 3.63) is 77.9 Å². The minimum Gasteiger partial charge on any atom is -0.493 e. The van der Waals surface area contributed by atoms with Crippen LogP contribution in [-0.4, -0.2) is 18.0 Å². The van der Waals surface area contributed by atoms with Gasteiger partial charge in [0.1, 0.15) is 5.76 Å². The number of nitrogens with zero attached hydrogens (tertiary/aromatic N) is 2. The maximum absolute atomic E-state index is 13.5. The van der Waals surface area contributed by atoms with Gasteiger partial charge in [0, 0.05) is 5.39 Å². The molecular weight excluding hydrogens is 400 g/mol. The zero-order chi connectivity index (χ0) is 20.7. The van der Waals surface area contributed by atoms with Crippen LogP contribution in [0, 0.1) is 6.92 Å². The number of aryl methyl sites for hydroxylation is 1. The first-order valence-electron chi connectivity index (χ1n) is 9.41. The smallest absolute Gasteiger partial charge is 0.296 e. The van der Waals surface area contributed by atoms with E-state index in [9.17, 15) is 4.79 Å². The molecule has 5 aromatic rings. The van der Waals surface area contributed by atoms with Gasteiger partial charge in [0.15, 0.2) is 22.2 Å². The van der Waals surface area contributed by atoms with Crippen LogP contribution in [0.4, 0.5) is 5.13 Å². The van der Waals surface area contributed by atoms with Gasteiger partial charge in [-0.3, -0.25) is 9.69 Å². The molecule has 5 rings (SSSR count). The number of hydrogen-bond donors (Lipinski definition) is 0. The summed E-state index contributed by atoms with van der Waals surface area (Å²) in [6, 6.07) is 16.9. The molecule has 0 bridgehead atoms. The van der Waals surface area contributed by atoms with Crippen LogP contribution in [0.25, 0.3) is 21.2 Å². The summed E-state index contributed by atoms with van der Waals surface area (Å²) < 4.78 is 17.8. The molecule has 0 saturated heterocycles. The normalized spacial score (nSPS) is 11.3. The van der Waals surface area contributed by atoms with Gasteiger partial charge in [-0.25, -0.2) is 4.98 Å². The minimum atomic E-state index is -0.290. The molecule has 1 amide bonds. The summed E-state index contributed by atoms with van der Waals surface area (Å²) in [5, 5.41) is 1.39. The fraction of sp³-hybridized carbons (Fsp3) is 0.130. The van der Waals surface area contributed by atoms with Crippen molar-refractivity contribution in [2.24, 2.45) is 0 Å². The van der Waals surface area contributed by atoms with E-state index in [1.807, 2.05) is 43.3 Å². The second kappa shape index (κ2) is 7.35. The third kappa shape index (κ3) is 3.13. The van der Waals surface area contributed by atoms with Crippen LogP contribution < -0.4 is 9.64 Å². The van der Waals surface area contributed by atoms with E-state index < -0.39 is 0 Å². The molecular formula is C23H18N2O4S. The van der Waals surface area contributed by atoms with Crippen LogP contribution in [0.5, 0.6) is 5.75 Å². The molecule has 7 heteroatoms. The Morgan fingerprint density at radius 2 is 2.03 bits per heavy atom. The summed E-state index contributed by atoms with van der Waals surface area (Å²) in [5.74, 6) is 1.17. The molecule has 0 unspecified atom stereocenters. The van der Waals surface area contributed by atoms with Crippen LogP contribution in [-0.2, 0) is 6.54 Å². The predicted molar refractivity (Wildman–Crippen MR) is 116 cm³/mol. The largest absolute Gasteiger partial charge is 0.493 e. The van der Waals surface area contributed by atoms with E-state index in [1.165, 1.54) is 11.3 Å². The summed E-state index contributed by atoms with van der Waals surface area (Å²) in [7, 11) is 1.57. The molecule has 30 heavy (non-hydrogen) atoms. The SMILES string of the molecule is COc1cccc2cc(C(=O)N(Cc3ccco3)c3nc4c(C)cccc4s3)oc12. The molecule has 2 aromatic carbocycles. The Morgan fingerprint density at radius 1 is 1.17 bits per heavy atom. The van der Waals surface area contributed by atoms with Gasteiger partial charge < -0.3 is 13.6 Å². The number of rotatable bonds is 5. The molecule has 150 valence electrons. The highest BCUT2D eigenvalue weighted by Gasteiger charge is 2.26. The molecule has 0 spiro atoms. The maximum Gasteiger partial charge on any atom is 0.296 e. The molecule has 0 saturated carbocycles. The summed E-state index contributed by atoms with van der Waals surface area (Å²) in [4.78, 5) is 19.9. The van der Waals surface area contributed by atoms with Crippen molar-refractivity contribution in [2.75, 3.05) is 12.0 Å². The maximum atomic E-state index is 13.5. The van der Waals surface area contributed by atoms with Crippen molar-refractivity contribution in [2.45, 2.75) is 13.5 Å². The van der Waals surface area contributed by atoms with Crippen molar-refractivity contribution in [1.29, 1.82) is 0 Å². The Morgan fingerprint density at radius 3 is 2.80 bits per heavy atom. The number of carbonyl (C=O) groups is 1. The van der Waals surface area contributed by atoms with Gasteiger partial charge in [0.25, 0.3) is 5.91 Å². The molecule has 0 N–H and O–H groups in total. The zero-order valence-electron chi connectivity index (χ0n) is 16.4. The number of hydrogen-bond acceptors (Lipinski definition) is 6. The molecule has 6 nitrogen and oxygen atoms in total. The number of thiazole rings is 1. The van der Waals surface area contributed by atoms with Crippen molar-refractivity contribution in [3.8, 4) is 5.75 Å². The molecule has 3 heterocycles. The average Bonchev–Trinajstić information content (AvgIpc) is 3.50. The molecule has 0 aliphatic carbocycles. The Balaban J connectivity index is 1.60. The Bertz CT molecular complexity index is 1350. The number of methoxy groups -OCH3 is 1. The van der Waals surface area contributed by atoms with Gasteiger partial charge in [0.05, 0.1) is 30.1 Å². The lowest BCUT2D eigenvalue weighted by Crippen LogP contribution is -2.29. The lowest BCUT2D eigenvalue weighted by Gasteiger charge is -2.17. The first kappa shape index (κ1) is 18.4. The molecule has 0 radical (unpaired) electrons. The van der Waals surface area contributed by atoms with Gasteiger partial charge in [-0.15, -0.1) is 0 Å².